The first-order chi connectivity index (χ1) is 17.9. The van der Waals surface area contributed by atoms with Crippen LogP contribution in [0.4, 0.5) is 4.39 Å². The van der Waals surface area contributed by atoms with Crippen LogP contribution in [0.5, 0.6) is 0 Å². The number of carbonyl (C=O) groups excluding carboxylic acids is 1. The number of imidazole rings is 1. The molecule has 0 radical (unpaired) electrons. The van der Waals surface area contributed by atoms with Gasteiger partial charge in [-0.3, -0.25) is 9.69 Å². The highest BCUT2D eigenvalue weighted by Crippen LogP contribution is 2.32. The van der Waals surface area contributed by atoms with Crippen molar-refractivity contribution in [3.8, 4) is 0 Å². The Balaban J connectivity index is 1.40. The Morgan fingerprint density at radius 3 is 2.62 bits per heavy atom. The Hall–Kier alpha value is -2.34. The van der Waals surface area contributed by atoms with Crippen LogP contribution >= 0.6 is 0 Å². The van der Waals surface area contributed by atoms with Crippen LogP contribution in [0.1, 0.15) is 36.9 Å². The summed E-state index contributed by atoms with van der Waals surface area (Å²) < 4.78 is 54.1. The van der Waals surface area contributed by atoms with E-state index in [0.717, 1.165) is 45.3 Å². The zero-order valence-corrected chi connectivity index (χ0v) is 21.9. The van der Waals surface area contributed by atoms with Crippen molar-refractivity contribution in [2.24, 2.45) is 5.92 Å². The zero-order chi connectivity index (χ0) is 25.8. The number of halogens is 1. The van der Waals surface area contributed by atoms with Crippen molar-refractivity contribution >= 4 is 15.7 Å². The number of nitrogens with zero attached hydrogens (tertiary/aromatic N) is 4. The van der Waals surface area contributed by atoms with Gasteiger partial charge in [0.25, 0.3) is 0 Å². The van der Waals surface area contributed by atoms with Crippen molar-refractivity contribution in [1.29, 1.82) is 0 Å². The fraction of sp³-hybridized carbons (Fsp3) is 0.615. The molecular formula is C26H35FN4O5S. The SMILES string of the molecule is O=C(C1CC1)N(CCN1CCOCC1)Cc1cnc(S(=O)(=O)Cc2ccccc2F)n1C[C@@H]1CCCO1. The van der Waals surface area contributed by atoms with Gasteiger partial charge in [0.05, 0.1) is 50.1 Å². The summed E-state index contributed by atoms with van der Waals surface area (Å²) in [5.74, 6) is -0.895. The van der Waals surface area contributed by atoms with E-state index in [1.807, 2.05) is 4.90 Å². The average molecular weight is 535 g/mol. The van der Waals surface area contributed by atoms with Gasteiger partial charge in [0.2, 0.25) is 20.9 Å². The maximum absolute atomic E-state index is 14.3. The first kappa shape index (κ1) is 26.3. The van der Waals surface area contributed by atoms with Crippen LogP contribution in [0.2, 0.25) is 0 Å². The molecule has 1 amide bonds. The fourth-order valence-electron chi connectivity index (χ4n) is 4.98. The van der Waals surface area contributed by atoms with Gasteiger partial charge in [0, 0.05) is 44.3 Å². The maximum Gasteiger partial charge on any atom is 0.228 e. The number of morpholine rings is 1. The molecule has 0 bridgehead atoms. The second kappa shape index (κ2) is 11.6. The Kier molecular flexibility index (Phi) is 8.23. The minimum absolute atomic E-state index is 0.0449. The molecule has 0 unspecified atom stereocenters. The van der Waals surface area contributed by atoms with E-state index >= 15 is 0 Å². The number of hydrogen-bond donors (Lipinski definition) is 0. The van der Waals surface area contributed by atoms with E-state index in [1.165, 1.54) is 18.2 Å². The smallest absolute Gasteiger partial charge is 0.228 e. The van der Waals surface area contributed by atoms with Crippen molar-refractivity contribution in [2.45, 2.75) is 55.8 Å². The predicted octanol–water partition coefficient (Wildman–Crippen LogP) is 2.25. The number of hydrogen-bond acceptors (Lipinski definition) is 7. The summed E-state index contributed by atoms with van der Waals surface area (Å²) in [6.07, 6.45) is 4.94. The van der Waals surface area contributed by atoms with E-state index in [-0.39, 0.29) is 35.2 Å². The highest BCUT2D eigenvalue weighted by Gasteiger charge is 2.35. The van der Waals surface area contributed by atoms with Crippen LogP contribution in [-0.4, -0.2) is 85.8 Å². The van der Waals surface area contributed by atoms with Gasteiger partial charge in [-0.1, -0.05) is 18.2 Å². The van der Waals surface area contributed by atoms with E-state index in [4.69, 9.17) is 9.47 Å². The second-order valence-electron chi connectivity index (χ2n) is 10.1. The molecular weight excluding hydrogens is 499 g/mol. The molecule has 2 saturated heterocycles. The van der Waals surface area contributed by atoms with Crippen LogP contribution < -0.4 is 0 Å². The van der Waals surface area contributed by atoms with E-state index < -0.39 is 21.4 Å². The van der Waals surface area contributed by atoms with Crippen LogP contribution in [0.15, 0.2) is 35.6 Å². The molecule has 2 aliphatic heterocycles. The van der Waals surface area contributed by atoms with Gasteiger partial charge >= 0.3 is 0 Å². The first-order valence-electron chi connectivity index (χ1n) is 13.1. The van der Waals surface area contributed by atoms with Crippen LogP contribution in [0.3, 0.4) is 0 Å². The molecule has 3 heterocycles. The molecule has 3 aliphatic rings. The lowest BCUT2D eigenvalue weighted by Crippen LogP contribution is -2.43. The normalized spacial score (nSPS) is 20.8. The highest BCUT2D eigenvalue weighted by atomic mass is 32.2. The molecule has 0 spiro atoms. The van der Waals surface area contributed by atoms with Crippen molar-refractivity contribution in [2.75, 3.05) is 46.0 Å². The molecule has 11 heteroatoms. The molecule has 1 aromatic heterocycles. The largest absolute Gasteiger partial charge is 0.379 e. The number of sulfone groups is 1. The van der Waals surface area contributed by atoms with Gasteiger partial charge < -0.3 is 18.9 Å². The summed E-state index contributed by atoms with van der Waals surface area (Å²) >= 11 is 0. The van der Waals surface area contributed by atoms with Crippen LogP contribution in [-0.2, 0) is 42.9 Å². The van der Waals surface area contributed by atoms with Crippen molar-refractivity contribution in [3.63, 3.8) is 0 Å². The van der Waals surface area contributed by atoms with Crippen molar-refractivity contribution in [3.05, 3.63) is 47.5 Å². The van der Waals surface area contributed by atoms with Crippen LogP contribution in [0.25, 0.3) is 0 Å². The average Bonchev–Trinajstić information content (AvgIpc) is 3.47. The molecule has 37 heavy (non-hydrogen) atoms. The van der Waals surface area contributed by atoms with Gasteiger partial charge in [-0.25, -0.2) is 17.8 Å². The molecule has 0 N–H and O–H groups in total. The summed E-state index contributed by atoms with van der Waals surface area (Å²) in [5, 5.41) is -0.103. The molecule has 202 valence electrons. The molecule has 1 atom stereocenters. The van der Waals surface area contributed by atoms with Crippen LogP contribution in [0, 0.1) is 11.7 Å². The Morgan fingerprint density at radius 1 is 1.14 bits per heavy atom. The summed E-state index contributed by atoms with van der Waals surface area (Å²) in [7, 11) is -3.95. The number of aromatic nitrogens is 2. The molecule has 3 fully saturated rings. The lowest BCUT2D eigenvalue weighted by Gasteiger charge is -2.30. The lowest BCUT2D eigenvalue weighted by molar-refractivity contribution is -0.133. The van der Waals surface area contributed by atoms with E-state index in [0.29, 0.717) is 38.6 Å². The number of benzene rings is 1. The van der Waals surface area contributed by atoms with E-state index in [9.17, 15) is 17.6 Å². The summed E-state index contributed by atoms with van der Waals surface area (Å²) in [5.41, 5.74) is 0.755. The number of amides is 1. The van der Waals surface area contributed by atoms with Crippen molar-refractivity contribution in [1.82, 2.24) is 19.4 Å². The molecule has 1 aromatic carbocycles. The molecule has 2 aromatic rings. The zero-order valence-electron chi connectivity index (χ0n) is 21.1. The number of carbonyl (C=O) groups is 1. The van der Waals surface area contributed by atoms with Gasteiger partial charge in [-0.2, -0.15) is 0 Å². The summed E-state index contributed by atoms with van der Waals surface area (Å²) in [6.45, 7) is 5.57. The third kappa shape index (κ3) is 6.57. The molecule has 5 rings (SSSR count). The van der Waals surface area contributed by atoms with Gasteiger partial charge in [0.1, 0.15) is 5.82 Å². The second-order valence-corrected chi connectivity index (χ2v) is 12.0. The molecule has 1 aliphatic carbocycles. The quantitative estimate of drug-likeness (QED) is 0.437. The number of rotatable bonds is 11. The van der Waals surface area contributed by atoms with E-state index in [2.05, 4.69) is 9.88 Å². The third-order valence-electron chi connectivity index (χ3n) is 7.27. The minimum Gasteiger partial charge on any atom is -0.379 e. The highest BCUT2D eigenvalue weighted by molar-refractivity contribution is 7.90. The number of ether oxygens (including phenoxy) is 2. The lowest BCUT2D eigenvalue weighted by atomic mass is 10.2. The standard InChI is InChI=1S/C26H35FN4O5S/c27-24-6-2-1-4-21(24)19-37(33,34)26-28-16-22(31(26)18-23-5-3-13-36-23)17-30(25(32)20-7-8-20)10-9-29-11-14-35-15-12-29/h1-2,4,6,16,20,23H,3,5,7-15,17-19H2/t23-/m0/s1. The Morgan fingerprint density at radius 2 is 1.92 bits per heavy atom. The van der Waals surface area contributed by atoms with E-state index in [1.54, 1.807) is 16.8 Å². The Labute approximate surface area is 217 Å². The molecule has 1 saturated carbocycles. The minimum atomic E-state index is -3.95. The molecule has 9 nitrogen and oxygen atoms in total. The fourth-order valence-corrected chi connectivity index (χ4v) is 6.49. The topological polar surface area (TPSA) is 94.0 Å². The third-order valence-corrected chi connectivity index (χ3v) is 8.85. The maximum atomic E-state index is 14.3. The Bertz CT molecular complexity index is 1190. The summed E-state index contributed by atoms with van der Waals surface area (Å²) in [6, 6.07) is 5.88. The first-order valence-corrected chi connectivity index (χ1v) is 14.8. The van der Waals surface area contributed by atoms with Crippen molar-refractivity contribution < 1.29 is 27.1 Å². The predicted molar refractivity (Wildman–Crippen MR) is 134 cm³/mol. The van der Waals surface area contributed by atoms with Gasteiger partial charge in [-0.05, 0) is 31.7 Å². The van der Waals surface area contributed by atoms with Gasteiger partial charge in [-0.15, -0.1) is 0 Å². The summed E-state index contributed by atoms with van der Waals surface area (Å²) in [4.78, 5) is 21.6. The van der Waals surface area contributed by atoms with Gasteiger partial charge in [0.15, 0.2) is 0 Å². The monoisotopic (exact) mass is 534 g/mol.